The Bertz CT molecular complexity index is 484. The summed E-state index contributed by atoms with van der Waals surface area (Å²) in [5, 5.41) is 14.3. The van der Waals surface area contributed by atoms with Crippen molar-refractivity contribution < 1.29 is 14.7 Å². The molecule has 0 spiro atoms. The van der Waals surface area contributed by atoms with E-state index in [1.165, 1.54) is 7.05 Å². The number of carbonyl (C=O) groups excluding carboxylic acids is 2. The average Bonchev–Trinajstić information content (AvgIpc) is 2.50. The molecular weight excluding hydrogens is 270 g/mol. The van der Waals surface area contributed by atoms with E-state index < -0.39 is 12.1 Å². The lowest BCUT2D eigenvalue weighted by Gasteiger charge is -2.35. The highest BCUT2D eigenvalue weighted by Gasteiger charge is 2.31. The highest BCUT2D eigenvalue weighted by Crippen LogP contribution is 2.25. The maximum atomic E-state index is 12.4. The number of likely N-dealkylation sites (tertiary alicyclic amines) is 1. The average molecular weight is 291 g/mol. The number of aliphatic hydroxyl groups excluding tert-OH is 1. The number of carbonyl (C=O) groups is 2. The van der Waals surface area contributed by atoms with E-state index in [9.17, 15) is 14.7 Å². The van der Waals surface area contributed by atoms with Crippen LogP contribution in [-0.4, -0.2) is 48.2 Å². The van der Waals surface area contributed by atoms with Crippen molar-refractivity contribution in [1.29, 1.82) is 0 Å². The van der Waals surface area contributed by atoms with Crippen LogP contribution in [0, 0.1) is 0 Å². The first kappa shape index (κ1) is 15.5. The Labute approximate surface area is 124 Å². The van der Waals surface area contributed by atoms with Crippen molar-refractivity contribution in [3.8, 4) is 0 Å². The minimum Gasteiger partial charge on any atom is -0.393 e. The van der Waals surface area contributed by atoms with Gasteiger partial charge in [-0.2, -0.15) is 0 Å². The molecule has 0 radical (unpaired) electrons. The molecular formula is C15H21N3O3. The van der Waals surface area contributed by atoms with Gasteiger partial charge in [0.15, 0.2) is 0 Å². The van der Waals surface area contributed by atoms with Gasteiger partial charge in [0.05, 0.1) is 6.10 Å². The first-order valence-electron chi connectivity index (χ1n) is 7.11. The van der Waals surface area contributed by atoms with E-state index in [0.29, 0.717) is 25.9 Å². The SMILES string of the molecule is CNC(=O)NC(=O)[C@H](c1ccccc1)N1CCC(O)CC1. The van der Waals surface area contributed by atoms with E-state index in [1.54, 1.807) is 0 Å². The number of hydrogen-bond acceptors (Lipinski definition) is 4. The van der Waals surface area contributed by atoms with Crippen LogP contribution in [0.15, 0.2) is 30.3 Å². The molecule has 114 valence electrons. The largest absolute Gasteiger partial charge is 0.393 e. The number of rotatable bonds is 3. The van der Waals surface area contributed by atoms with Gasteiger partial charge < -0.3 is 10.4 Å². The lowest BCUT2D eigenvalue weighted by molar-refractivity contribution is -0.126. The number of piperidine rings is 1. The molecule has 1 fully saturated rings. The van der Waals surface area contributed by atoms with Gasteiger partial charge in [-0.05, 0) is 18.4 Å². The Kier molecular flexibility index (Phi) is 5.30. The Morgan fingerprint density at radius 3 is 2.43 bits per heavy atom. The summed E-state index contributed by atoms with van der Waals surface area (Å²) in [7, 11) is 1.47. The first-order chi connectivity index (χ1) is 10.1. The molecule has 0 aliphatic carbocycles. The summed E-state index contributed by atoms with van der Waals surface area (Å²) >= 11 is 0. The third kappa shape index (κ3) is 4.03. The summed E-state index contributed by atoms with van der Waals surface area (Å²) in [6.07, 6.45) is 0.965. The molecule has 3 N–H and O–H groups in total. The fourth-order valence-electron chi connectivity index (χ4n) is 2.55. The highest BCUT2D eigenvalue weighted by molar-refractivity contribution is 5.97. The molecule has 6 heteroatoms. The molecule has 0 aromatic heterocycles. The van der Waals surface area contributed by atoms with Crippen molar-refractivity contribution in [1.82, 2.24) is 15.5 Å². The molecule has 1 atom stereocenters. The van der Waals surface area contributed by atoms with Crippen LogP contribution in [-0.2, 0) is 4.79 Å². The summed E-state index contributed by atoms with van der Waals surface area (Å²) in [5.74, 6) is -0.350. The van der Waals surface area contributed by atoms with Crippen LogP contribution in [0.2, 0.25) is 0 Å². The second kappa shape index (κ2) is 7.19. The summed E-state index contributed by atoms with van der Waals surface area (Å²) in [6.45, 7) is 1.25. The predicted molar refractivity (Wildman–Crippen MR) is 78.6 cm³/mol. The van der Waals surface area contributed by atoms with Crippen LogP contribution in [0.25, 0.3) is 0 Å². The van der Waals surface area contributed by atoms with Gasteiger partial charge in [0, 0.05) is 20.1 Å². The van der Waals surface area contributed by atoms with Gasteiger partial charge >= 0.3 is 6.03 Å². The lowest BCUT2D eigenvalue weighted by atomic mass is 10.00. The fraction of sp³-hybridized carbons (Fsp3) is 0.467. The second-order valence-corrected chi connectivity index (χ2v) is 5.15. The van der Waals surface area contributed by atoms with Crippen LogP contribution in [0.1, 0.15) is 24.4 Å². The van der Waals surface area contributed by atoms with Crippen LogP contribution in [0.5, 0.6) is 0 Å². The highest BCUT2D eigenvalue weighted by atomic mass is 16.3. The van der Waals surface area contributed by atoms with Gasteiger partial charge in [-0.1, -0.05) is 30.3 Å². The van der Waals surface area contributed by atoms with Crippen molar-refractivity contribution in [3.63, 3.8) is 0 Å². The van der Waals surface area contributed by atoms with E-state index in [0.717, 1.165) is 5.56 Å². The fourth-order valence-corrected chi connectivity index (χ4v) is 2.55. The number of aliphatic hydroxyl groups is 1. The molecule has 1 aromatic rings. The molecule has 21 heavy (non-hydrogen) atoms. The Balaban J connectivity index is 2.18. The van der Waals surface area contributed by atoms with Gasteiger partial charge in [-0.3, -0.25) is 15.0 Å². The smallest absolute Gasteiger partial charge is 0.321 e. The maximum absolute atomic E-state index is 12.4. The quantitative estimate of drug-likeness (QED) is 0.763. The van der Waals surface area contributed by atoms with Crippen molar-refractivity contribution in [2.75, 3.05) is 20.1 Å². The monoisotopic (exact) mass is 291 g/mol. The van der Waals surface area contributed by atoms with E-state index in [1.807, 2.05) is 35.2 Å². The van der Waals surface area contributed by atoms with Crippen molar-refractivity contribution >= 4 is 11.9 Å². The van der Waals surface area contributed by atoms with Crippen LogP contribution < -0.4 is 10.6 Å². The van der Waals surface area contributed by atoms with Crippen molar-refractivity contribution in [3.05, 3.63) is 35.9 Å². The summed E-state index contributed by atoms with van der Waals surface area (Å²) in [4.78, 5) is 25.8. The Morgan fingerprint density at radius 2 is 1.86 bits per heavy atom. The molecule has 1 heterocycles. The minimum atomic E-state index is -0.518. The van der Waals surface area contributed by atoms with Gasteiger partial charge in [0.25, 0.3) is 0 Å². The predicted octanol–water partition coefficient (Wildman–Crippen LogP) is 0.640. The summed E-state index contributed by atoms with van der Waals surface area (Å²) in [5.41, 5.74) is 0.843. The van der Waals surface area contributed by atoms with Crippen LogP contribution in [0.3, 0.4) is 0 Å². The maximum Gasteiger partial charge on any atom is 0.321 e. The number of hydrogen-bond donors (Lipinski definition) is 3. The van der Waals surface area contributed by atoms with E-state index in [-0.39, 0.29) is 12.0 Å². The topological polar surface area (TPSA) is 81.7 Å². The Morgan fingerprint density at radius 1 is 1.24 bits per heavy atom. The zero-order valence-electron chi connectivity index (χ0n) is 12.1. The third-order valence-electron chi connectivity index (χ3n) is 3.69. The standard InChI is InChI=1S/C15H21N3O3/c1-16-15(21)17-14(20)13(11-5-3-2-4-6-11)18-9-7-12(19)8-10-18/h2-6,12-13,19H,7-10H2,1H3,(H2,16,17,20,21)/t13-/m0/s1. The molecule has 0 bridgehead atoms. The Hall–Kier alpha value is -1.92. The number of amides is 3. The normalized spacial score (nSPS) is 18.0. The van der Waals surface area contributed by atoms with Gasteiger partial charge in [-0.25, -0.2) is 4.79 Å². The van der Waals surface area contributed by atoms with Gasteiger partial charge in [-0.15, -0.1) is 0 Å². The molecule has 1 aliphatic rings. The summed E-state index contributed by atoms with van der Waals surface area (Å²) < 4.78 is 0. The van der Waals surface area contributed by atoms with Crippen molar-refractivity contribution in [2.24, 2.45) is 0 Å². The lowest BCUT2D eigenvalue weighted by Crippen LogP contribution is -2.48. The summed E-state index contributed by atoms with van der Waals surface area (Å²) in [6, 6.07) is 8.34. The molecule has 1 saturated heterocycles. The third-order valence-corrected chi connectivity index (χ3v) is 3.69. The number of benzene rings is 1. The zero-order valence-corrected chi connectivity index (χ0v) is 12.1. The van der Waals surface area contributed by atoms with E-state index in [2.05, 4.69) is 10.6 Å². The molecule has 0 unspecified atom stereocenters. The first-order valence-corrected chi connectivity index (χ1v) is 7.11. The molecule has 0 saturated carbocycles. The van der Waals surface area contributed by atoms with Gasteiger partial charge in [0.2, 0.25) is 5.91 Å². The molecule has 3 amide bonds. The molecule has 1 aliphatic heterocycles. The van der Waals surface area contributed by atoms with E-state index >= 15 is 0 Å². The zero-order chi connectivity index (χ0) is 15.2. The minimum absolute atomic E-state index is 0.306. The van der Waals surface area contributed by atoms with E-state index in [4.69, 9.17) is 0 Å². The number of imide groups is 1. The van der Waals surface area contributed by atoms with Crippen molar-refractivity contribution in [2.45, 2.75) is 25.0 Å². The number of nitrogens with one attached hydrogen (secondary N) is 2. The number of nitrogens with zero attached hydrogens (tertiary/aromatic N) is 1. The second-order valence-electron chi connectivity index (χ2n) is 5.15. The van der Waals surface area contributed by atoms with Gasteiger partial charge in [0.1, 0.15) is 6.04 Å². The van der Waals surface area contributed by atoms with Crippen LogP contribution in [0.4, 0.5) is 4.79 Å². The molecule has 6 nitrogen and oxygen atoms in total. The van der Waals surface area contributed by atoms with Crippen LogP contribution >= 0.6 is 0 Å². The molecule has 2 rings (SSSR count). The molecule has 1 aromatic carbocycles. The number of urea groups is 1.